The van der Waals surface area contributed by atoms with Crippen LogP contribution >= 0.6 is 12.2 Å². The molecule has 1 aromatic carbocycles. The van der Waals surface area contributed by atoms with Gasteiger partial charge in [0.05, 0.1) is 25.8 Å². The molecule has 2 heterocycles. The Morgan fingerprint density at radius 1 is 1.14 bits per heavy atom. The SMILES string of the molecule is COc1cc2c(cc1OC)C(c1c(O)n(C3CCCCC3)c(=S)[nH]c1=O)NCC2. The zero-order valence-electron chi connectivity index (χ0n) is 16.8. The highest BCUT2D eigenvalue weighted by atomic mass is 32.1. The molecule has 1 saturated carbocycles. The van der Waals surface area contributed by atoms with E-state index >= 15 is 0 Å². The number of rotatable bonds is 4. The Kier molecular flexibility index (Phi) is 5.65. The topological polar surface area (TPSA) is 88.5 Å². The molecule has 4 rings (SSSR count). The molecular formula is C21H27N3O4S. The van der Waals surface area contributed by atoms with Crippen molar-refractivity contribution < 1.29 is 14.6 Å². The third-order valence-electron chi connectivity index (χ3n) is 6.08. The van der Waals surface area contributed by atoms with Crippen molar-refractivity contribution in [1.82, 2.24) is 14.9 Å². The van der Waals surface area contributed by atoms with Gasteiger partial charge in [0.2, 0.25) is 5.88 Å². The molecule has 0 radical (unpaired) electrons. The Morgan fingerprint density at radius 3 is 2.52 bits per heavy atom. The van der Waals surface area contributed by atoms with Crippen LogP contribution in [0.4, 0.5) is 0 Å². The van der Waals surface area contributed by atoms with Crippen molar-refractivity contribution in [3.8, 4) is 17.4 Å². The van der Waals surface area contributed by atoms with Gasteiger partial charge in [0.15, 0.2) is 16.3 Å². The van der Waals surface area contributed by atoms with Gasteiger partial charge in [-0.05, 0) is 54.7 Å². The average molecular weight is 418 g/mol. The summed E-state index contributed by atoms with van der Waals surface area (Å²) in [5.74, 6) is 1.21. The van der Waals surface area contributed by atoms with Gasteiger partial charge in [0, 0.05) is 12.6 Å². The van der Waals surface area contributed by atoms with Gasteiger partial charge in [0.25, 0.3) is 5.56 Å². The number of aromatic hydroxyl groups is 1. The fourth-order valence-electron chi connectivity index (χ4n) is 4.63. The van der Waals surface area contributed by atoms with Gasteiger partial charge >= 0.3 is 0 Å². The molecule has 3 N–H and O–H groups in total. The summed E-state index contributed by atoms with van der Waals surface area (Å²) in [5.41, 5.74) is 1.91. The zero-order chi connectivity index (χ0) is 20.5. The molecule has 0 spiro atoms. The summed E-state index contributed by atoms with van der Waals surface area (Å²) in [4.78, 5) is 15.7. The normalized spacial score (nSPS) is 19.6. The number of aromatic amines is 1. The number of benzene rings is 1. The van der Waals surface area contributed by atoms with Crippen LogP contribution in [0.25, 0.3) is 0 Å². The number of ether oxygens (including phenoxy) is 2. The Hall–Kier alpha value is -2.32. The summed E-state index contributed by atoms with van der Waals surface area (Å²) in [6.07, 6.45) is 6.09. The van der Waals surface area contributed by atoms with E-state index in [0.717, 1.165) is 43.2 Å². The van der Waals surface area contributed by atoms with Gasteiger partial charge in [-0.2, -0.15) is 0 Å². The number of methoxy groups -OCH3 is 2. The van der Waals surface area contributed by atoms with Gasteiger partial charge in [-0.3, -0.25) is 14.3 Å². The molecule has 0 amide bonds. The minimum Gasteiger partial charge on any atom is -0.494 e. The molecule has 1 unspecified atom stereocenters. The number of nitrogens with zero attached hydrogens (tertiary/aromatic N) is 1. The smallest absolute Gasteiger partial charge is 0.260 e. The highest BCUT2D eigenvalue weighted by molar-refractivity contribution is 7.71. The maximum atomic E-state index is 12.9. The molecule has 0 bridgehead atoms. The first kappa shape index (κ1) is 20.0. The monoisotopic (exact) mass is 417 g/mol. The van der Waals surface area contributed by atoms with Crippen molar-refractivity contribution >= 4 is 12.2 Å². The van der Waals surface area contributed by atoms with Gasteiger partial charge in [-0.25, -0.2) is 0 Å². The molecule has 2 aromatic rings. The van der Waals surface area contributed by atoms with Gasteiger partial charge in [-0.1, -0.05) is 19.3 Å². The standard InChI is InChI=1S/C21H27N3O4S/c1-27-15-10-12-8-9-22-18(14(12)11-16(15)28-2)17-19(25)23-21(29)24(20(17)26)13-6-4-3-5-7-13/h10-11,13,18,22,26H,3-9H2,1-2H3,(H,23,25,29). The van der Waals surface area contributed by atoms with E-state index in [0.29, 0.717) is 23.6 Å². The average Bonchev–Trinajstić information content (AvgIpc) is 2.73. The molecule has 29 heavy (non-hydrogen) atoms. The number of aromatic nitrogens is 2. The van der Waals surface area contributed by atoms with Crippen LogP contribution in [0.2, 0.25) is 0 Å². The summed E-state index contributed by atoms with van der Waals surface area (Å²) in [5, 5.41) is 14.6. The third-order valence-corrected chi connectivity index (χ3v) is 6.38. The molecule has 1 aliphatic carbocycles. The molecule has 0 saturated heterocycles. The van der Waals surface area contributed by atoms with E-state index in [1.165, 1.54) is 6.42 Å². The molecule has 1 fully saturated rings. The lowest BCUT2D eigenvalue weighted by Crippen LogP contribution is -2.35. The Labute approximate surface area is 174 Å². The van der Waals surface area contributed by atoms with Gasteiger partial charge in [-0.15, -0.1) is 0 Å². The van der Waals surface area contributed by atoms with E-state index in [4.69, 9.17) is 21.7 Å². The van der Waals surface area contributed by atoms with Crippen molar-refractivity contribution in [3.05, 3.63) is 43.9 Å². The minimum atomic E-state index is -0.451. The predicted molar refractivity (Wildman–Crippen MR) is 113 cm³/mol. The van der Waals surface area contributed by atoms with E-state index in [9.17, 15) is 9.90 Å². The highest BCUT2D eigenvalue weighted by Crippen LogP contribution is 2.39. The van der Waals surface area contributed by atoms with Crippen LogP contribution in [0.15, 0.2) is 16.9 Å². The highest BCUT2D eigenvalue weighted by Gasteiger charge is 2.31. The molecule has 2 aliphatic rings. The van der Waals surface area contributed by atoms with Crippen molar-refractivity contribution in [2.45, 2.75) is 50.6 Å². The lowest BCUT2D eigenvalue weighted by molar-refractivity contribution is 0.297. The van der Waals surface area contributed by atoms with Crippen molar-refractivity contribution in [1.29, 1.82) is 0 Å². The number of nitrogens with one attached hydrogen (secondary N) is 2. The molecule has 1 aliphatic heterocycles. The summed E-state index contributed by atoms with van der Waals surface area (Å²) in [7, 11) is 3.19. The van der Waals surface area contributed by atoms with E-state index in [-0.39, 0.29) is 22.3 Å². The summed E-state index contributed by atoms with van der Waals surface area (Å²) in [6.45, 7) is 0.686. The second-order valence-electron chi connectivity index (χ2n) is 7.70. The van der Waals surface area contributed by atoms with Crippen LogP contribution < -0.4 is 20.3 Å². The number of hydrogen-bond donors (Lipinski definition) is 3. The Bertz CT molecular complexity index is 1020. The first-order chi connectivity index (χ1) is 14.0. The Morgan fingerprint density at radius 2 is 1.83 bits per heavy atom. The van der Waals surface area contributed by atoms with Crippen LogP contribution in [0.3, 0.4) is 0 Å². The van der Waals surface area contributed by atoms with Crippen molar-refractivity contribution in [3.63, 3.8) is 0 Å². The quantitative estimate of drug-likeness (QED) is 0.661. The first-order valence-corrected chi connectivity index (χ1v) is 10.5. The zero-order valence-corrected chi connectivity index (χ0v) is 17.6. The van der Waals surface area contributed by atoms with Crippen LogP contribution in [-0.4, -0.2) is 35.4 Å². The number of H-pyrrole nitrogens is 1. The van der Waals surface area contributed by atoms with Gasteiger partial charge < -0.3 is 19.9 Å². The molecular weight excluding hydrogens is 390 g/mol. The molecule has 156 valence electrons. The Balaban J connectivity index is 1.86. The second-order valence-corrected chi connectivity index (χ2v) is 8.09. The third kappa shape index (κ3) is 3.55. The molecule has 7 nitrogen and oxygen atoms in total. The maximum absolute atomic E-state index is 12.9. The summed E-state index contributed by atoms with van der Waals surface area (Å²) in [6, 6.07) is 3.49. The molecule has 1 aromatic heterocycles. The largest absolute Gasteiger partial charge is 0.494 e. The van der Waals surface area contributed by atoms with Crippen LogP contribution in [0.5, 0.6) is 17.4 Å². The van der Waals surface area contributed by atoms with E-state index in [2.05, 4.69) is 10.3 Å². The fourth-order valence-corrected chi connectivity index (χ4v) is 4.96. The van der Waals surface area contributed by atoms with Crippen molar-refractivity contribution in [2.24, 2.45) is 0 Å². The number of hydrogen-bond acceptors (Lipinski definition) is 6. The lowest BCUT2D eigenvalue weighted by atomic mass is 9.89. The van der Waals surface area contributed by atoms with Crippen molar-refractivity contribution in [2.75, 3.05) is 20.8 Å². The van der Waals surface area contributed by atoms with Crippen LogP contribution in [0, 0.1) is 4.77 Å². The van der Waals surface area contributed by atoms with Gasteiger partial charge in [0.1, 0.15) is 0 Å². The predicted octanol–water partition coefficient (Wildman–Crippen LogP) is 3.37. The van der Waals surface area contributed by atoms with E-state index in [1.807, 2.05) is 12.1 Å². The van der Waals surface area contributed by atoms with E-state index < -0.39 is 6.04 Å². The lowest BCUT2D eigenvalue weighted by Gasteiger charge is -2.31. The summed E-state index contributed by atoms with van der Waals surface area (Å²) >= 11 is 5.41. The second kappa shape index (κ2) is 8.20. The number of fused-ring (bicyclic) bond motifs is 1. The molecule has 8 heteroatoms. The summed E-state index contributed by atoms with van der Waals surface area (Å²) < 4.78 is 12.9. The van der Waals surface area contributed by atoms with Crippen LogP contribution in [0.1, 0.15) is 60.9 Å². The molecule has 1 atom stereocenters. The fraction of sp³-hybridized carbons (Fsp3) is 0.524. The minimum absolute atomic E-state index is 0.0363. The first-order valence-electron chi connectivity index (χ1n) is 10.1. The van der Waals surface area contributed by atoms with E-state index in [1.54, 1.807) is 18.8 Å². The van der Waals surface area contributed by atoms with Crippen LogP contribution in [-0.2, 0) is 6.42 Å². The maximum Gasteiger partial charge on any atom is 0.260 e.